The zero-order valence-electron chi connectivity index (χ0n) is 10.0. The largest absolute Gasteiger partial charge is 0.383 e. The fraction of sp³-hybridized carbons (Fsp3) is 0.231. The van der Waals surface area contributed by atoms with Gasteiger partial charge in [-0.05, 0) is 24.1 Å². The average molecular weight is 264 g/mol. The molecule has 1 heterocycles. The summed E-state index contributed by atoms with van der Waals surface area (Å²) in [4.78, 5) is 18.7. The zero-order valence-corrected chi connectivity index (χ0v) is 10.8. The van der Waals surface area contributed by atoms with Crippen molar-refractivity contribution in [1.29, 1.82) is 0 Å². The Balaban J connectivity index is 2.30. The van der Waals surface area contributed by atoms with Crippen LogP contribution in [0.3, 0.4) is 0 Å². The number of H-pyrrole nitrogens is 1. The molecule has 0 fully saturated rings. The van der Waals surface area contributed by atoms with Crippen LogP contribution in [0, 0.1) is 0 Å². The molecule has 2 aromatic rings. The Kier molecular flexibility index (Phi) is 3.67. The summed E-state index contributed by atoms with van der Waals surface area (Å²) in [5.41, 5.74) is 7.16. The van der Waals surface area contributed by atoms with Crippen LogP contribution in [-0.4, -0.2) is 9.97 Å². The van der Waals surface area contributed by atoms with Gasteiger partial charge in [0.25, 0.3) is 5.56 Å². The highest BCUT2D eigenvalue weighted by molar-refractivity contribution is 6.30. The van der Waals surface area contributed by atoms with E-state index in [0.717, 1.165) is 5.56 Å². The highest BCUT2D eigenvalue weighted by Crippen LogP contribution is 2.12. The Morgan fingerprint density at radius 3 is 2.56 bits per heavy atom. The van der Waals surface area contributed by atoms with E-state index in [1.165, 1.54) is 0 Å². The normalized spacial score (nSPS) is 10.6. The van der Waals surface area contributed by atoms with E-state index in [-0.39, 0.29) is 5.56 Å². The molecule has 3 N–H and O–H groups in total. The third-order valence-electron chi connectivity index (χ3n) is 2.73. The summed E-state index contributed by atoms with van der Waals surface area (Å²) in [6.45, 7) is 1.88. The molecule has 0 bridgehead atoms. The van der Waals surface area contributed by atoms with Crippen LogP contribution >= 0.6 is 11.6 Å². The first-order valence-corrected chi connectivity index (χ1v) is 6.10. The topological polar surface area (TPSA) is 71.8 Å². The Bertz CT molecular complexity index is 605. The molecule has 0 aliphatic rings. The van der Waals surface area contributed by atoms with Crippen LogP contribution in [0.4, 0.5) is 5.82 Å². The van der Waals surface area contributed by atoms with Gasteiger partial charge in [0.2, 0.25) is 0 Å². The summed E-state index contributed by atoms with van der Waals surface area (Å²) in [7, 11) is 0. The number of nitrogens with two attached hydrogens (primary N) is 1. The van der Waals surface area contributed by atoms with Gasteiger partial charge in [0.1, 0.15) is 11.6 Å². The molecule has 1 aromatic heterocycles. The van der Waals surface area contributed by atoms with Crippen LogP contribution in [0.15, 0.2) is 29.1 Å². The molecule has 1 aromatic carbocycles. The fourth-order valence-corrected chi connectivity index (χ4v) is 1.91. The molecular weight excluding hydrogens is 250 g/mol. The van der Waals surface area contributed by atoms with Crippen molar-refractivity contribution in [2.75, 3.05) is 5.73 Å². The van der Waals surface area contributed by atoms with Gasteiger partial charge in [0.15, 0.2) is 0 Å². The van der Waals surface area contributed by atoms with Crippen LogP contribution in [0.5, 0.6) is 0 Å². The van der Waals surface area contributed by atoms with Crippen LogP contribution in [-0.2, 0) is 12.8 Å². The first kappa shape index (κ1) is 12.6. The molecule has 0 aliphatic carbocycles. The Morgan fingerprint density at radius 2 is 2.00 bits per heavy atom. The van der Waals surface area contributed by atoms with E-state index < -0.39 is 0 Å². The molecule has 0 spiro atoms. The number of anilines is 1. The van der Waals surface area contributed by atoms with Gasteiger partial charge in [0.05, 0.1) is 5.56 Å². The molecule has 5 heteroatoms. The predicted molar refractivity (Wildman–Crippen MR) is 72.9 cm³/mol. The third kappa shape index (κ3) is 2.71. The second-order valence-electron chi connectivity index (χ2n) is 4.03. The van der Waals surface area contributed by atoms with Crippen molar-refractivity contribution in [2.24, 2.45) is 0 Å². The van der Waals surface area contributed by atoms with Gasteiger partial charge in [0, 0.05) is 11.4 Å². The van der Waals surface area contributed by atoms with Crippen LogP contribution < -0.4 is 11.3 Å². The molecule has 0 radical (unpaired) electrons. The molecule has 18 heavy (non-hydrogen) atoms. The molecule has 0 aliphatic heterocycles. The lowest BCUT2D eigenvalue weighted by Gasteiger charge is -2.05. The van der Waals surface area contributed by atoms with Crippen molar-refractivity contribution in [3.05, 3.63) is 56.6 Å². The second kappa shape index (κ2) is 5.23. The number of halogens is 1. The maximum Gasteiger partial charge on any atom is 0.256 e. The number of nitrogen functional groups attached to an aromatic ring is 1. The summed E-state index contributed by atoms with van der Waals surface area (Å²) in [5, 5.41) is 0.682. The number of hydrogen-bond acceptors (Lipinski definition) is 3. The molecular formula is C13H14ClN3O. The number of benzene rings is 1. The quantitative estimate of drug-likeness (QED) is 0.891. The first-order chi connectivity index (χ1) is 8.60. The van der Waals surface area contributed by atoms with Crippen molar-refractivity contribution in [2.45, 2.75) is 19.8 Å². The maximum absolute atomic E-state index is 11.7. The summed E-state index contributed by atoms with van der Waals surface area (Å²) >= 11 is 5.81. The van der Waals surface area contributed by atoms with Crippen molar-refractivity contribution in [1.82, 2.24) is 9.97 Å². The molecule has 94 valence electrons. The maximum atomic E-state index is 11.7. The van der Waals surface area contributed by atoms with Gasteiger partial charge in [-0.2, -0.15) is 0 Å². The van der Waals surface area contributed by atoms with E-state index in [4.69, 9.17) is 17.3 Å². The van der Waals surface area contributed by atoms with E-state index in [9.17, 15) is 4.79 Å². The molecule has 0 saturated carbocycles. The van der Waals surface area contributed by atoms with Crippen LogP contribution in [0.1, 0.15) is 23.9 Å². The summed E-state index contributed by atoms with van der Waals surface area (Å²) in [6.07, 6.45) is 1.11. The summed E-state index contributed by atoms with van der Waals surface area (Å²) in [5.74, 6) is 0.877. The highest BCUT2D eigenvalue weighted by atomic mass is 35.5. The lowest BCUT2D eigenvalue weighted by molar-refractivity contribution is 0.916. The van der Waals surface area contributed by atoms with Crippen LogP contribution in [0.2, 0.25) is 5.02 Å². The monoisotopic (exact) mass is 263 g/mol. The minimum absolute atomic E-state index is 0.158. The lowest BCUT2D eigenvalue weighted by Crippen LogP contribution is -2.19. The Hall–Kier alpha value is -1.81. The molecule has 0 unspecified atom stereocenters. The number of nitrogens with zero attached hydrogens (tertiary/aromatic N) is 1. The predicted octanol–water partition coefficient (Wildman–Crippen LogP) is 2.16. The molecule has 2 rings (SSSR count). The van der Waals surface area contributed by atoms with Gasteiger partial charge in [-0.3, -0.25) is 4.79 Å². The molecule has 0 amide bonds. The van der Waals surface area contributed by atoms with Gasteiger partial charge >= 0.3 is 0 Å². The van der Waals surface area contributed by atoms with Crippen LogP contribution in [0.25, 0.3) is 0 Å². The van der Waals surface area contributed by atoms with Gasteiger partial charge < -0.3 is 10.7 Å². The van der Waals surface area contributed by atoms with E-state index in [1.807, 2.05) is 19.1 Å². The summed E-state index contributed by atoms with van der Waals surface area (Å²) < 4.78 is 0. The van der Waals surface area contributed by atoms with Crippen molar-refractivity contribution in [3.63, 3.8) is 0 Å². The van der Waals surface area contributed by atoms with Gasteiger partial charge in [-0.1, -0.05) is 30.7 Å². The lowest BCUT2D eigenvalue weighted by atomic mass is 10.1. The minimum atomic E-state index is -0.158. The van der Waals surface area contributed by atoms with E-state index in [2.05, 4.69) is 9.97 Å². The smallest absolute Gasteiger partial charge is 0.256 e. The Morgan fingerprint density at radius 1 is 1.33 bits per heavy atom. The number of hydrogen-bond donors (Lipinski definition) is 2. The number of aromatic amines is 1. The molecule has 4 nitrogen and oxygen atoms in total. The molecule has 0 saturated heterocycles. The van der Waals surface area contributed by atoms with Crippen molar-refractivity contribution in [3.8, 4) is 0 Å². The summed E-state index contributed by atoms with van der Waals surface area (Å²) in [6, 6.07) is 7.40. The number of aromatic nitrogens is 2. The number of rotatable bonds is 3. The Labute approximate surface area is 110 Å². The third-order valence-corrected chi connectivity index (χ3v) is 2.99. The first-order valence-electron chi connectivity index (χ1n) is 5.72. The van der Waals surface area contributed by atoms with Gasteiger partial charge in [-0.25, -0.2) is 4.98 Å². The second-order valence-corrected chi connectivity index (χ2v) is 4.47. The zero-order chi connectivity index (χ0) is 13.1. The number of nitrogens with one attached hydrogen (secondary N) is 1. The minimum Gasteiger partial charge on any atom is -0.383 e. The van der Waals surface area contributed by atoms with E-state index >= 15 is 0 Å². The van der Waals surface area contributed by atoms with E-state index in [0.29, 0.717) is 35.1 Å². The highest BCUT2D eigenvalue weighted by Gasteiger charge is 2.07. The van der Waals surface area contributed by atoms with E-state index in [1.54, 1.807) is 12.1 Å². The average Bonchev–Trinajstić information content (AvgIpc) is 2.32. The molecule has 0 atom stereocenters. The van der Waals surface area contributed by atoms with Crippen molar-refractivity contribution < 1.29 is 0 Å². The SMILES string of the molecule is CCc1c(N)nc(Cc2ccc(Cl)cc2)[nH]c1=O. The van der Waals surface area contributed by atoms with Gasteiger partial charge in [-0.15, -0.1) is 0 Å². The standard InChI is InChI=1S/C13H14ClN3O/c1-2-10-12(15)16-11(17-13(10)18)7-8-3-5-9(14)6-4-8/h3-6H,2,7H2,1H3,(H3,15,16,17,18). The van der Waals surface area contributed by atoms with Crippen molar-refractivity contribution >= 4 is 17.4 Å². The fourth-order valence-electron chi connectivity index (χ4n) is 1.78.